The monoisotopic (exact) mass is 310 g/mol. The molecule has 1 fully saturated rings. The van der Waals surface area contributed by atoms with E-state index in [1.807, 2.05) is 6.07 Å². The molecule has 7 heteroatoms. The van der Waals surface area contributed by atoms with Crippen LogP contribution in [0.25, 0.3) is 0 Å². The number of rotatable bonds is 4. The third kappa shape index (κ3) is 3.80. The third-order valence-electron chi connectivity index (χ3n) is 3.41. The molecule has 2 atom stereocenters. The van der Waals surface area contributed by atoms with Crippen LogP contribution in [0.4, 0.5) is 0 Å². The van der Waals surface area contributed by atoms with Crippen molar-refractivity contribution in [3.05, 3.63) is 35.4 Å². The van der Waals surface area contributed by atoms with Gasteiger partial charge < -0.3 is 9.84 Å². The summed E-state index contributed by atoms with van der Waals surface area (Å²) < 4.78 is 31.8. The lowest BCUT2D eigenvalue weighted by molar-refractivity contribution is -0.0516. The standard InChI is InChI=1S/C14H18N2O4S/c1-11-9-20-14(8-17)7-16(11)21(18,19)10-13-4-2-3-12(5-13)6-15/h2-5,11,14,17H,7-10H2,1H3. The average molecular weight is 310 g/mol. The summed E-state index contributed by atoms with van der Waals surface area (Å²) in [6.45, 7) is 1.99. The Morgan fingerprint density at radius 2 is 2.29 bits per heavy atom. The van der Waals surface area contributed by atoms with E-state index in [-0.39, 0.29) is 31.6 Å². The number of hydrogen-bond donors (Lipinski definition) is 1. The van der Waals surface area contributed by atoms with E-state index in [4.69, 9.17) is 15.1 Å². The number of morpholine rings is 1. The molecule has 0 bridgehead atoms. The Kier molecular flexibility index (Phi) is 4.96. The summed E-state index contributed by atoms with van der Waals surface area (Å²) in [6, 6.07) is 8.30. The molecule has 1 aliphatic rings. The molecule has 21 heavy (non-hydrogen) atoms. The van der Waals surface area contributed by atoms with Crippen LogP contribution in [0.2, 0.25) is 0 Å². The Hall–Kier alpha value is -1.46. The van der Waals surface area contributed by atoms with Gasteiger partial charge in [0.2, 0.25) is 10.0 Å². The summed E-state index contributed by atoms with van der Waals surface area (Å²) in [6.07, 6.45) is -0.485. The van der Waals surface area contributed by atoms with Crippen molar-refractivity contribution in [2.24, 2.45) is 0 Å². The van der Waals surface area contributed by atoms with Crippen LogP contribution in [0.15, 0.2) is 24.3 Å². The Bertz CT molecular complexity index is 639. The van der Waals surface area contributed by atoms with Gasteiger partial charge in [-0.2, -0.15) is 9.57 Å². The second kappa shape index (κ2) is 6.54. The van der Waals surface area contributed by atoms with Gasteiger partial charge in [0.05, 0.1) is 36.7 Å². The summed E-state index contributed by atoms with van der Waals surface area (Å²) in [5.41, 5.74) is 1.01. The van der Waals surface area contributed by atoms with Gasteiger partial charge in [-0.3, -0.25) is 0 Å². The molecule has 1 heterocycles. The van der Waals surface area contributed by atoms with Gasteiger partial charge in [-0.15, -0.1) is 0 Å². The minimum Gasteiger partial charge on any atom is -0.394 e. The van der Waals surface area contributed by atoms with Crippen molar-refractivity contribution in [1.82, 2.24) is 4.31 Å². The van der Waals surface area contributed by atoms with Gasteiger partial charge in [-0.05, 0) is 24.6 Å². The van der Waals surface area contributed by atoms with Gasteiger partial charge in [0.1, 0.15) is 0 Å². The van der Waals surface area contributed by atoms with E-state index in [9.17, 15) is 8.42 Å². The first-order valence-electron chi connectivity index (χ1n) is 6.67. The Labute approximate surface area is 124 Å². The van der Waals surface area contributed by atoms with Crippen LogP contribution in [-0.4, -0.2) is 49.7 Å². The summed E-state index contributed by atoms with van der Waals surface area (Å²) in [5.74, 6) is -0.162. The summed E-state index contributed by atoms with van der Waals surface area (Å²) >= 11 is 0. The van der Waals surface area contributed by atoms with Crippen molar-refractivity contribution in [2.45, 2.75) is 24.8 Å². The first-order valence-corrected chi connectivity index (χ1v) is 8.28. The zero-order valence-corrected chi connectivity index (χ0v) is 12.6. The zero-order chi connectivity index (χ0) is 15.5. The van der Waals surface area contributed by atoms with E-state index >= 15 is 0 Å². The van der Waals surface area contributed by atoms with Crippen molar-refractivity contribution >= 4 is 10.0 Å². The number of nitrogens with zero attached hydrogens (tertiary/aromatic N) is 2. The van der Waals surface area contributed by atoms with Crippen LogP contribution in [0.1, 0.15) is 18.1 Å². The van der Waals surface area contributed by atoms with E-state index < -0.39 is 16.1 Å². The van der Waals surface area contributed by atoms with Gasteiger partial charge in [0.25, 0.3) is 0 Å². The predicted molar refractivity (Wildman–Crippen MR) is 76.8 cm³/mol. The minimum absolute atomic E-state index is 0.151. The summed E-state index contributed by atoms with van der Waals surface area (Å²) in [4.78, 5) is 0. The van der Waals surface area contributed by atoms with E-state index in [1.165, 1.54) is 4.31 Å². The molecule has 1 N–H and O–H groups in total. The molecule has 0 amide bonds. The number of aliphatic hydroxyl groups is 1. The molecule has 1 aliphatic heterocycles. The second-order valence-electron chi connectivity index (χ2n) is 5.13. The number of benzene rings is 1. The van der Waals surface area contributed by atoms with Crippen LogP contribution < -0.4 is 0 Å². The summed E-state index contributed by atoms with van der Waals surface area (Å²) in [7, 11) is -3.52. The van der Waals surface area contributed by atoms with Crippen LogP contribution in [0.5, 0.6) is 0 Å². The van der Waals surface area contributed by atoms with E-state index in [0.29, 0.717) is 11.1 Å². The average Bonchev–Trinajstić information content (AvgIpc) is 2.47. The van der Waals surface area contributed by atoms with Gasteiger partial charge in [-0.25, -0.2) is 8.42 Å². The maximum atomic E-state index is 12.5. The molecule has 0 aliphatic carbocycles. The molecule has 1 saturated heterocycles. The molecule has 114 valence electrons. The first-order chi connectivity index (χ1) is 9.96. The van der Waals surface area contributed by atoms with Crippen molar-refractivity contribution in [3.8, 4) is 6.07 Å². The normalized spacial score (nSPS) is 23.7. The molecule has 0 radical (unpaired) electrons. The fourth-order valence-electron chi connectivity index (χ4n) is 2.31. The fraction of sp³-hybridized carbons (Fsp3) is 0.500. The van der Waals surface area contributed by atoms with Crippen LogP contribution in [0, 0.1) is 11.3 Å². The van der Waals surface area contributed by atoms with Crippen molar-refractivity contribution < 1.29 is 18.3 Å². The van der Waals surface area contributed by atoms with E-state index in [0.717, 1.165) is 0 Å². The Morgan fingerprint density at radius 1 is 1.52 bits per heavy atom. The number of hydrogen-bond acceptors (Lipinski definition) is 5. The molecular formula is C14H18N2O4S. The van der Waals surface area contributed by atoms with Crippen molar-refractivity contribution in [3.63, 3.8) is 0 Å². The highest BCUT2D eigenvalue weighted by Crippen LogP contribution is 2.19. The number of ether oxygens (including phenoxy) is 1. The van der Waals surface area contributed by atoms with Gasteiger partial charge in [-0.1, -0.05) is 12.1 Å². The molecule has 0 aromatic heterocycles. The highest BCUT2D eigenvalue weighted by molar-refractivity contribution is 7.88. The highest BCUT2D eigenvalue weighted by atomic mass is 32.2. The third-order valence-corrected chi connectivity index (χ3v) is 5.34. The molecule has 1 aromatic carbocycles. The molecule has 2 unspecified atom stereocenters. The molecule has 1 aromatic rings. The largest absolute Gasteiger partial charge is 0.394 e. The second-order valence-corrected chi connectivity index (χ2v) is 7.05. The lowest BCUT2D eigenvalue weighted by Gasteiger charge is -2.36. The minimum atomic E-state index is -3.52. The smallest absolute Gasteiger partial charge is 0.218 e. The molecule has 2 rings (SSSR count). The van der Waals surface area contributed by atoms with Crippen LogP contribution in [-0.2, 0) is 20.5 Å². The molecule has 0 saturated carbocycles. The predicted octanol–water partition coefficient (Wildman–Crippen LogP) is 0.470. The SMILES string of the molecule is CC1COC(CO)CN1S(=O)(=O)Cc1cccc(C#N)c1. The van der Waals surface area contributed by atoms with Gasteiger partial charge >= 0.3 is 0 Å². The van der Waals surface area contributed by atoms with E-state index in [2.05, 4.69) is 0 Å². The maximum absolute atomic E-state index is 12.5. The van der Waals surface area contributed by atoms with Gasteiger partial charge in [0, 0.05) is 12.6 Å². The van der Waals surface area contributed by atoms with Crippen molar-refractivity contribution in [2.75, 3.05) is 19.8 Å². The molecule has 6 nitrogen and oxygen atoms in total. The maximum Gasteiger partial charge on any atom is 0.218 e. The molecular weight excluding hydrogens is 292 g/mol. The fourth-order valence-corrected chi connectivity index (χ4v) is 4.08. The van der Waals surface area contributed by atoms with Crippen LogP contribution in [0.3, 0.4) is 0 Å². The van der Waals surface area contributed by atoms with Crippen molar-refractivity contribution in [1.29, 1.82) is 5.26 Å². The van der Waals surface area contributed by atoms with Gasteiger partial charge in [0.15, 0.2) is 0 Å². The number of sulfonamides is 1. The van der Waals surface area contributed by atoms with E-state index in [1.54, 1.807) is 31.2 Å². The Morgan fingerprint density at radius 3 is 2.95 bits per heavy atom. The quantitative estimate of drug-likeness (QED) is 0.873. The number of aliphatic hydroxyl groups excluding tert-OH is 1. The number of nitriles is 1. The lowest BCUT2D eigenvalue weighted by Crippen LogP contribution is -2.52. The lowest BCUT2D eigenvalue weighted by atomic mass is 10.2. The summed E-state index contributed by atoms with van der Waals surface area (Å²) in [5, 5.41) is 18.0. The highest BCUT2D eigenvalue weighted by Gasteiger charge is 2.34. The first kappa shape index (κ1) is 15.9. The Balaban J connectivity index is 2.18. The zero-order valence-electron chi connectivity index (χ0n) is 11.8. The van der Waals surface area contributed by atoms with Crippen LogP contribution >= 0.6 is 0 Å². The topological polar surface area (TPSA) is 90.6 Å². The molecule has 0 spiro atoms.